The van der Waals surface area contributed by atoms with E-state index in [1.807, 2.05) is 12.3 Å². The van der Waals surface area contributed by atoms with E-state index in [0.717, 1.165) is 24.5 Å². The first kappa shape index (κ1) is 12.3. The fourth-order valence-corrected chi connectivity index (χ4v) is 2.80. The lowest BCUT2D eigenvalue weighted by molar-refractivity contribution is -0.144. The highest BCUT2D eigenvalue weighted by molar-refractivity contribution is 7.07. The van der Waals surface area contributed by atoms with Crippen molar-refractivity contribution in [1.82, 2.24) is 15.2 Å². The van der Waals surface area contributed by atoms with E-state index in [4.69, 9.17) is 4.74 Å². The number of esters is 1. The van der Waals surface area contributed by atoms with Crippen molar-refractivity contribution >= 4 is 17.3 Å². The predicted octanol–water partition coefficient (Wildman–Crippen LogP) is 2.12. The van der Waals surface area contributed by atoms with Gasteiger partial charge in [0, 0.05) is 12.3 Å². The smallest absolute Gasteiger partial charge is 0.309 e. The van der Waals surface area contributed by atoms with Crippen LogP contribution < -0.4 is 0 Å². The number of carbonyl (C=O) groups excluding carboxylic acids is 1. The zero-order valence-electron chi connectivity index (χ0n) is 10.6. The maximum absolute atomic E-state index is 11.6. The van der Waals surface area contributed by atoms with Crippen molar-refractivity contribution in [2.45, 2.75) is 25.7 Å². The van der Waals surface area contributed by atoms with Gasteiger partial charge in [0.05, 0.1) is 12.5 Å². The molecule has 6 heteroatoms. The van der Waals surface area contributed by atoms with Crippen molar-refractivity contribution < 1.29 is 9.53 Å². The largest absolute Gasteiger partial charge is 0.466 e. The standard InChI is InChI=1S/C13H15N3O2S/c1-2-18-13(17)10-6-9(10)12-14-11(15-16-12)5-8-3-4-19-7-8/h3-4,7,9-10H,2,5-6H2,1H3,(H,14,15,16)/t9-,10-/m1/s1. The Balaban J connectivity index is 1.62. The van der Waals surface area contributed by atoms with Gasteiger partial charge in [0.15, 0.2) is 5.82 Å². The van der Waals surface area contributed by atoms with Crippen LogP contribution in [0.1, 0.15) is 36.5 Å². The Morgan fingerprint density at radius 3 is 3.26 bits per heavy atom. The zero-order valence-corrected chi connectivity index (χ0v) is 11.4. The molecule has 0 bridgehead atoms. The summed E-state index contributed by atoms with van der Waals surface area (Å²) in [7, 11) is 0. The molecule has 2 aromatic heterocycles. The third kappa shape index (κ3) is 2.68. The molecule has 0 radical (unpaired) electrons. The molecule has 1 N–H and O–H groups in total. The number of H-pyrrole nitrogens is 1. The van der Waals surface area contributed by atoms with Gasteiger partial charge < -0.3 is 4.74 Å². The lowest BCUT2D eigenvalue weighted by atomic mass is 10.2. The van der Waals surface area contributed by atoms with Crippen LogP contribution in [0.3, 0.4) is 0 Å². The van der Waals surface area contributed by atoms with Crippen LogP contribution in [0.25, 0.3) is 0 Å². The van der Waals surface area contributed by atoms with Crippen LogP contribution in [-0.2, 0) is 16.0 Å². The number of carbonyl (C=O) groups is 1. The molecular weight excluding hydrogens is 262 g/mol. The second-order valence-electron chi connectivity index (χ2n) is 4.65. The first-order chi connectivity index (χ1) is 9.28. The quantitative estimate of drug-likeness (QED) is 0.850. The minimum absolute atomic E-state index is 0.0512. The van der Waals surface area contributed by atoms with E-state index in [9.17, 15) is 4.79 Å². The molecule has 1 aliphatic rings. The number of rotatable bonds is 5. The van der Waals surface area contributed by atoms with E-state index in [-0.39, 0.29) is 17.8 Å². The number of aromatic amines is 1. The molecule has 0 unspecified atom stereocenters. The van der Waals surface area contributed by atoms with Gasteiger partial charge >= 0.3 is 5.97 Å². The van der Waals surface area contributed by atoms with Crippen LogP contribution in [0.2, 0.25) is 0 Å². The molecule has 2 atom stereocenters. The molecule has 0 aromatic carbocycles. The molecule has 1 fully saturated rings. The van der Waals surface area contributed by atoms with Gasteiger partial charge in [-0.15, -0.1) is 0 Å². The number of hydrogen-bond acceptors (Lipinski definition) is 5. The van der Waals surface area contributed by atoms with Gasteiger partial charge in [-0.1, -0.05) is 0 Å². The molecule has 3 rings (SSSR count). The van der Waals surface area contributed by atoms with Gasteiger partial charge in [0.2, 0.25) is 0 Å². The summed E-state index contributed by atoms with van der Waals surface area (Å²) in [6, 6.07) is 2.07. The van der Waals surface area contributed by atoms with Crippen LogP contribution in [0.15, 0.2) is 16.8 Å². The molecular formula is C13H15N3O2S. The molecule has 19 heavy (non-hydrogen) atoms. The van der Waals surface area contributed by atoms with Gasteiger partial charge in [-0.25, -0.2) is 4.98 Å². The molecule has 2 aromatic rings. The Hall–Kier alpha value is -1.69. The van der Waals surface area contributed by atoms with E-state index in [0.29, 0.717) is 6.61 Å². The summed E-state index contributed by atoms with van der Waals surface area (Å²) in [4.78, 5) is 16.0. The van der Waals surface area contributed by atoms with Gasteiger partial charge in [-0.2, -0.15) is 16.4 Å². The van der Waals surface area contributed by atoms with Crippen LogP contribution in [0.4, 0.5) is 0 Å². The third-order valence-electron chi connectivity index (χ3n) is 3.21. The van der Waals surface area contributed by atoms with E-state index in [1.54, 1.807) is 11.3 Å². The van der Waals surface area contributed by atoms with Crippen molar-refractivity contribution in [3.05, 3.63) is 34.0 Å². The highest BCUT2D eigenvalue weighted by Crippen LogP contribution is 2.46. The lowest BCUT2D eigenvalue weighted by Crippen LogP contribution is -2.07. The highest BCUT2D eigenvalue weighted by atomic mass is 32.1. The molecule has 1 aliphatic carbocycles. The molecule has 0 aliphatic heterocycles. The van der Waals surface area contributed by atoms with E-state index >= 15 is 0 Å². The summed E-state index contributed by atoms with van der Waals surface area (Å²) >= 11 is 1.67. The molecule has 0 saturated heterocycles. The summed E-state index contributed by atoms with van der Waals surface area (Å²) in [5.41, 5.74) is 1.23. The molecule has 1 saturated carbocycles. The Morgan fingerprint density at radius 2 is 2.53 bits per heavy atom. The fraction of sp³-hybridized carbons (Fsp3) is 0.462. The average molecular weight is 277 g/mol. The minimum Gasteiger partial charge on any atom is -0.466 e. The molecule has 5 nitrogen and oxygen atoms in total. The van der Waals surface area contributed by atoms with E-state index in [2.05, 4.69) is 26.6 Å². The number of ether oxygens (including phenoxy) is 1. The van der Waals surface area contributed by atoms with Crippen LogP contribution in [0, 0.1) is 5.92 Å². The molecule has 0 spiro atoms. The Morgan fingerprint density at radius 1 is 1.63 bits per heavy atom. The van der Waals surface area contributed by atoms with Crippen molar-refractivity contribution in [3.63, 3.8) is 0 Å². The van der Waals surface area contributed by atoms with Crippen LogP contribution >= 0.6 is 11.3 Å². The first-order valence-electron chi connectivity index (χ1n) is 6.36. The average Bonchev–Trinajstić information content (AvgIpc) is 2.82. The Bertz CT molecular complexity index is 564. The van der Waals surface area contributed by atoms with Gasteiger partial charge in [-0.05, 0) is 35.7 Å². The van der Waals surface area contributed by atoms with Gasteiger partial charge in [0.25, 0.3) is 0 Å². The van der Waals surface area contributed by atoms with Crippen molar-refractivity contribution in [3.8, 4) is 0 Å². The van der Waals surface area contributed by atoms with Crippen LogP contribution in [-0.4, -0.2) is 27.8 Å². The number of nitrogens with one attached hydrogen (secondary N) is 1. The summed E-state index contributed by atoms with van der Waals surface area (Å²) in [6.45, 7) is 2.25. The topological polar surface area (TPSA) is 67.9 Å². The number of hydrogen-bond donors (Lipinski definition) is 1. The monoisotopic (exact) mass is 277 g/mol. The van der Waals surface area contributed by atoms with E-state index in [1.165, 1.54) is 5.56 Å². The van der Waals surface area contributed by atoms with Gasteiger partial charge in [-0.3, -0.25) is 9.89 Å². The fourth-order valence-electron chi connectivity index (χ4n) is 2.13. The van der Waals surface area contributed by atoms with Crippen molar-refractivity contribution in [2.75, 3.05) is 6.61 Å². The highest BCUT2D eigenvalue weighted by Gasteiger charge is 2.47. The van der Waals surface area contributed by atoms with Crippen LogP contribution in [0.5, 0.6) is 0 Å². The first-order valence-corrected chi connectivity index (χ1v) is 7.31. The Labute approximate surface area is 115 Å². The molecule has 100 valence electrons. The maximum atomic E-state index is 11.6. The van der Waals surface area contributed by atoms with Crippen molar-refractivity contribution in [2.24, 2.45) is 5.92 Å². The Kier molecular flexibility index (Phi) is 3.33. The summed E-state index contributed by atoms with van der Waals surface area (Å²) in [5, 5.41) is 11.3. The normalized spacial score (nSPS) is 21.3. The molecule has 2 heterocycles. The SMILES string of the molecule is CCOC(=O)[C@@H]1C[C@H]1c1n[nH]c(Cc2ccsc2)n1. The maximum Gasteiger partial charge on any atom is 0.309 e. The summed E-state index contributed by atoms with van der Waals surface area (Å²) in [5.74, 6) is 1.54. The predicted molar refractivity (Wildman–Crippen MR) is 71.0 cm³/mol. The number of nitrogens with zero attached hydrogens (tertiary/aromatic N) is 2. The minimum atomic E-state index is -0.128. The lowest BCUT2D eigenvalue weighted by Gasteiger charge is -1.98. The van der Waals surface area contributed by atoms with E-state index < -0.39 is 0 Å². The third-order valence-corrected chi connectivity index (χ3v) is 3.94. The zero-order chi connectivity index (χ0) is 13.2. The second-order valence-corrected chi connectivity index (χ2v) is 5.43. The second kappa shape index (κ2) is 5.13. The summed E-state index contributed by atoms with van der Waals surface area (Å²) < 4.78 is 5.01. The van der Waals surface area contributed by atoms with Gasteiger partial charge in [0.1, 0.15) is 5.82 Å². The van der Waals surface area contributed by atoms with Crippen molar-refractivity contribution in [1.29, 1.82) is 0 Å². The number of thiophene rings is 1. The number of aromatic nitrogens is 3. The summed E-state index contributed by atoms with van der Waals surface area (Å²) in [6.07, 6.45) is 1.56. The molecule has 0 amide bonds.